The van der Waals surface area contributed by atoms with Crippen LogP contribution in [0, 0.1) is 5.92 Å². The number of ether oxygens (including phenoxy) is 1. The molecule has 0 aromatic heterocycles. The Morgan fingerprint density at radius 3 is 2.94 bits per heavy atom. The van der Waals surface area contributed by atoms with Crippen LogP contribution in [0.2, 0.25) is 5.02 Å². The summed E-state index contributed by atoms with van der Waals surface area (Å²) in [6.45, 7) is 4.67. The average Bonchev–Trinajstić information content (AvgIpc) is 3.09. The highest BCUT2D eigenvalue weighted by molar-refractivity contribution is 6.32. The molecule has 16 heavy (non-hydrogen) atoms. The number of benzene rings is 1. The van der Waals surface area contributed by atoms with Crippen molar-refractivity contribution in [2.24, 2.45) is 5.92 Å². The van der Waals surface area contributed by atoms with Crippen LogP contribution >= 0.6 is 11.6 Å². The van der Waals surface area contributed by atoms with Crippen LogP contribution in [0.5, 0.6) is 5.75 Å². The third kappa shape index (κ3) is 3.13. The summed E-state index contributed by atoms with van der Waals surface area (Å²) in [7, 11) is 0. The summed E-state index contributed by atoms with van der Waals surface area (Å²) in [6.07, 6.45) is 2.60. The van der Waals surface area contributed by atoms with E-state index in [4.69, 9.17) is 16.3 Å². The van der Waals surface area contributed by atoms with Crippen molar-refractivity contribution in [2.75, 3.05) is 13.2 Å². The lowest BCUT2D eigenvalue weighted by molar-refractivity contribution is 0.296. The molecular weight excluding hydrogens is 222 g/mol. The summed E-state index contributed by atoms with van der Waals surface area (Å²) in [5, 5.41) is 4.02. The maximum absolute atomic E-state index is 6.16. The molecule has 1 aliphatic rings. The van der Waals surface area contributed by atoms with Crippen LogP contribution in [-0.4, -0.2) is 13.2 Å². The first kappa shape index (κ1) is 11.7. The van der Waals surface area contributed by atoms with Gasteiger partial charge in [-0.25, -0.2) is 0 Å². The minimum absolute atomic E-state index is 0.719. The van der Waals surface area contributed by atoms with Gasteiger partial charge in [-0.1, -0.05) is 30.7 Å². The molecule has 2 rings (SSSR count). The van der Waals surface area contributed by atoms with Gasteiger partial charge in [0.15, 0.2) is 0 Å². The van der Waals surface area contributed by atoms with Crippen LogP contribution in [0.1, 0.15) is 25.3 Å². The number of nitrogens with one attached hydrogen (secondary N) is 1. The quantitative estimate of drug-likeness (QED) is 0.823. The summed E-state index contributed by atoms with van der Waals surface area (Å²) in [5.41, 5.74) is 1.15. The number of para-hydroxylation sites is 1. The molecule has 1 fully saturated rings. The molecule has 1 saturated carbocycles. The minimum atomic E-state index is 0.719. The van der Waals surface area contributed by atoms with Crippen molar-refractivity contribution in [1.29, 1.82) is 0 Å². The predicted molar refractivity (Wildman–Crippen MR) is 67.1 cm³/mol. The van der Waals surface area contributed by atoms with Crippen molar-refractivity contribution in [1.82, 2.24) is 5.32 Å². The first-order valence-electron chi connectivity index (χ1n) is 5.92. The lowest BCUT2D eigenvalue weighted by Gasteiger charge is -2.13. The van der Waals surface area contributed by atoms with Crippen LogP contribution in [0.4, 0.5) is 0 Å². The summed E-state index contributed by atoms with van der Waals surface area (Å²) in [5.74, 6) is 1.61. The fourth-order valence-corrected chi connectivity index (χ4v) is 1.85. The smallest absolute Gasteiger partial charge is 0.142 e. The summed E-state index contributed by atoms with van der Waals surface area (Å²) < 4.78 is 5.82. The molecule has 88 valence electrons. The molecule has 3 heteroatoms. The van der Waals surface area contributed by atoms with Crippen molar-refractivity contribution in [3.8, 4) is 5.75 Å². The van der Waals surface area contributed by atoms with Gasteiger partial charge in [-0.05, 0) is 31.4 Å². The van der Waals surface area contributed by atoms with E-state index in [-0.39, 0.29) is 0 Å². The second-order valence-electron chi connectivity index (χ2n) is 4.26. The molecule has 2 nitrogen and oxygen atoms in total. The topological polar surface area (TPSA) is 21.3 Å². The van der Waals surface area contributed by atoms with Gasteiger partial charge in [-0.2, -0.15) is 0 Å². The number of halogens is 1. The van der Waals surface area contributed by atoms with Gasteiger partial charge in [0.05, 0.1) is 11.6 Å². The van der Waals surface area contributed by atoms with Crippen molar-refractivity contribution in [3.05, 3.63) is 28.8 Å². The van der Waals surface area contributed by atoms with Crippen LogP contribution in [-0.2, 0) is 6.54 Å². The zero-order valence-corrected chi connectivity index (χ0v) is 10.4. The van der Waals surface area contributed by atoms with Crippen molar-refractivity contribution in [3.63, 3.8) is 0 Å². The van der Waals surface area contributed by atoms with Gasteiger partial charge >= 0.3 is 0 Å². The molecule has 0 spiro atoms. The van der Waals surface area contributed by atoms with Gasteiger partial charge in [0.25, 0.3) is 0 Å². The zero-order chi connectivity index (χ0) is 11.4. The van der Waals surface area contributed by atoms with Gasteiger partial charge in [-0.3, -0.25) is 0 Å². The maximum Gasteiger partial charge on any atom is 0.142 e. The fourth-order valence-electron chi connectivity index (χ4n) is 1.60. The molecule has 0 heterocycles. The van der Waals surface area contributed by atoms with Gasteiger partial charge in [0.1, 0.15) is 5.75 Å². The van der Waals surface area contributed by atoms with E-state index in [1.165, 1.54) is 12.8 Å². The van der Waals surface area contributed by atoms with Gasteiger partial charge < -0.3 is 10.1 Å². The normalized spacial score (nSPS) is 15.1. The summed E-state index contributed by atoms with van der Waals surface area (Å²) >= 11 is 6.16. The highest BCUT2D eigenvalue weighted by atomic mass is 35.5. The molecule has 0 radical (unpaired) electrons. The third-order valence-corrected chi connectivity index (χ3v) is 3.07. The molecule has 1 aliphatic carbocycles. The Balaban J connectivity index is 2.04. The Hall–Kier alpha value is -0.730. The Morgan fingerprint density at radius 1 is 1.44 bits per heavy atom. The SMILES string of the molecule is CCNCc1cccc(Cl)c1OCC1CC1. The lowest BCUT2D eigenvalue weighted by atomic mass is 10.2. The van der Waals surface area contributed by atoms with E-state index in [1.54, 1.807) is 0 Å². The second-order valence-corrected chi connectivity index (χ2v) is 4.67. The van der Waals surface area contributed by atoms with E-state index >= 15 is 0 Å². The molecule has 1 N–H and O–H groups in total. The highest BCUT2D eigenvalue weighted by Gasteiger charge is 2.22. The summed E-state index contributed by atoms with van der Waals surface area (Å²) in [4.78, 5) is 0. The van der Waals surface area contributed by atoms with E-state index in [2.05, 4.69) is 18.3 Å². The molecule has 0 bridgehead atoms. The largest absolute Gasteiger partial charge is 0.491 e. The standard InChI is InChI=1S/C13H18ClNO/c1-2-15-8-11-4-3-5-12(14)13(11)16-9-10-6-7-10/h3-5,10,15H,2,6-9H2,1H3. The van der Waals surface area contributed by atoms with Gasteiger partial charge in [0.2, 0.25) is 0 Å². The van der Waals surface area contributed by atoms with E-state index < -0.39 is 0 Å². The van der Waals surface area contributed by atoms with E-state index in [1.807, 2.05) is 12.1 Å². The molecule has 0 atom stereocenters. The zero-order valence-electron chi connectivity index (χ0n) is 9.63. The average molecular weight is 240 g/mol. The lowest BCUT2D eigenvalue weighted by Crippen LogP contribution is -2.13. The van der Waals surface area contributed by atoms with Crippen LogP contribution in [0.15, 0.2) is 18.2 Å². The van der Waals surface area contributed by atoms with Crippen LogP contribution < -0.4 is 10.1 Å². The van der Waals surface area contributed by atoms with Crippen LogP contribution in [0.25, 0.3) is 0 Å². The number of hydrogen-bond donors (Lipinski definition) is 1. The monoisotopic (exact) mass is 239 g/mol. The number of hydrogen-bond acceptors (Lipinski definition) is 2. The van der Waals surface area contributed by atoms with Gasteiger partial charge in [0, 0.05) is 12.1 Å². The fraction of sp³-hybridized carbons (Fsp3) is 0.538. The molecule has 0 amide bonds. The summed E-state index contributed by atoms with van der Waals surface area (Å²) in [6, 6.07) is 5.93. The molecule has 1 aromatic carbocycles. The molecule has 0 unspecified atom stereocenters. The predicted octanol–water partition coefficient (Wildman–Crippen LogP) is 3.24. The maximum atomic E-state index is 6.16. The molecular formula is C13H18ClNO. The first-order valence-corrected chi connectivity index (χ1v) is 6.30. The number of rotatable bonds is 6. The van der Waals surface area contributed by atoms with Crippen molar-refractivity contribution in [2.45, 2.75) is 26.3 Å². The highest BCUT2D eigenvalue weighted by Crippen LogP contribution is 2.33. The van der Waals surface area contributed by atoms with Gasteiger partial charge in [-0.15, -0.1) is 0 Å². The Labute approximate surface area is 102 Å². The second kappa shape index (κ2) is 5.55. The molecule has 1 aromatic rings. The van der Waals surface area contributed by atoms with Crippen LogP contribution in [0.3, 0.4) is 0 Å². The minimum Gasteiger partial charge on any atom is -0.491 e. The third-order valence-electron chi connectivity index (χ3n) is 2.77. The van der Waals surface area contributed by atoms with Crippen molar-refractivity contribution >= 4 is 11.6 Å². The molecule has 0 saturated heterocycles. The van der Waals surface area contributed by atoms with E-state index in [9.17, 15) is 0 Å². The Morgan fingerprint density at radius 2 is 2.25 bits per heavy atom. The van der Waals surface area contributed by atoms with E-state index in [0.717, 1.165) is 41.9 Å². The molecule has 0 aliphatic heterocycles. The Bertz CT molecular complexity index is 350. The first-order chi connectivity index (χ1) is 7.81. The van der Waals surface area contributed by atoms with Crippen molar-refractivity contribution < 1.29 is 4.74 Å². The Kier molecular flexibility index (Phi) is 4.08. The van der Waals surface area contributed by atoms with E-state index in [0.29, 0.717) is 0 Å².